The van der Waals surface area contributed by atoms with Crippen molar-refractivity contribution < 1.29 is 31.2 Å². The summed E-state index contributed by atoms with van der Waals surface area (Å²) < 4.78 is 68.1. The number of sulfonamides is 1. The lowest BCUT2D eigenvalue weighted by Crippen LogP contribution is -2.40. The molecule has 0 radical (unpaired) electrons. The van der Waals surface area contributed by atoms with Crippen molar-refractivity contribution in [3.63, 3.8) is 0 Å². The van der Waals surface area contributed by atoms with Crippen molar-refractivity contribution in [3.05, 3.63) is 125 Å². The van der Waals surface area contributed by atoms with Crippen LogP contribution in [0.2, 0.25) is 5.02 Å². The quantitative estimate of drug-likeness (QED) is 0.166. The van der Waals surface area contributed by atoms with Crippen LogP contribution in [0.3, 0.4) is 0 Å². The summed E-state index contributed by atoms with van der Waals surface area (Å²) in [7, 11) is -4.47. The summed E-state index contributed by atoms with van der Waals surface area (Å²) in [5.41, 5.74) is 2.53. The molecule has 4 rings (SSSR count). The van der Waals surface area contributed by atoms with Crippen LogP contribution in [0, 0.1) is 0 Å². The van der Waals surface area contributed by atoms with Crippen LogP contribution in [0.5, 0.6) is 0 Å². The zero-order valence-corrected chi connectivity index (χ0v) is 24.0. The largest absolute Gasteiger partial charge is 0.417 e. The van der Waals surface area contributed by atoms with Gasteiger partial charge in [0.15, 0.2) is 0 Å². The Hall–Kier alpha value is -4.68. The zero-order valence-electron chi connectivity index (χ0n) is 22.5. The second-order valence-electron chi connectivity index (χ2n) is 9.12. The molecular weight excluding hydrogens is 605 g/mol. The molecule has 13 heteroatoms. The average molecular weight is 629 g/mol. The number of hydrogen-bond donors (Lipinski definition) is 2. The summed E-state index contributed by atoms with van der Waals surface area (Å²) in [6, 6.07) is 24.8. The standard InChI is InChI=1S/C30H24ClF3N4O4S/c1-20(21-12-14-23(15-13-21)35-29(40)22-8-4-2-5-9-22)36-37-28(39)19-38(43(41,42)25-10-6-3-7-11-25)24-16-17-27(31)26(18-24)30(32,33)34/h2-18H,19H2,1H3,(H,35,40)(H,37,39)/b36-20+. The third-order valence-corrected chi connectivity index (χ3v) is 8.22. The van der Waals surface area contributed by atoms with Crippen molar-refractivity contribution in [3.8, 4) is 0 Å². The number of rotatable bonds is 9. The highest BCUT2D eigenvalue weighted by atomic mass is 35.5. The van der Waals surface area contributed by atoms with Crippen LogP contribution in [-0.2, 0) is 21.0 Å². The molecule has 0 atom stereocenters. The summed E-state index contributed by atoms with van der Waals surface area (Å²) in [6.07, 6.45) is -4.86. The van der Waals surface area contributed by atoms with Gasteiger partial charge in [0.2, 0.25) is 0 Å². The molecule has 2 amide bonds. The number of nitrogens with one attached hydrogen (secondary N) is 2. The van der Waals surface area contributed by atoms with Crippen molar-refractivity contribution in [1.82, 2.24) is 5.43 Å². The molecule has 222 valence electrons. The Bertz CT molecular complexity index is 1750. The predicted molar refractivity (Wildman–Crippen MR) is 159 cm³/mol. The fourth-order valence-corrected chi connectivity index (χ4v) is 5.54. The van der Waals surface area contributed by atoms with Gasteiger partial charge in [-0.05, 0) is 67.1 Å². The maximum atomic E-state index is 13.5. The van der Waals surface area contributed by atoms with Gasteiger partial charge >= 0.3 is 6.18 Å². The average Bonchev–Trinajstić information content (AvgIpc) is 2.99. The highest BCUT2D eigenvalue weighted by Crippen LogP contribution is 2.38. The van der Waals surface area contributed by atoms with Crippen LogP contribution in [0.15, 0.2) is 113 Å². The molecule has 0 unspecified atom stereocenters. The highest BCUT2D eigenvalue weighted by molar-refractivity contribution is 7.92. The first-order chi connectivity index (χ1) is 20.4. The summed E-state index contributed by atoms with van der Waals surface area (Å²) >= 11 is 5.72. The van der Waals surface area contributed by atoms with Crippen LogP contribution in [0.4, 0.5) is 24.5 Å². The SMILES string of the molecule is C/C(=N\NC(=O)CN(c1ccc(Cl)c(C(F)(F)F)c1)S(=O)(=O)c1ccccc1)c1ccc(NC(=O)c2ccccc2)cc1. The Morgan fingerprint density at radius 2 is 1.47 bits per heavy atom. The molecule has 0 heterocycles. The molecule has 2 N–H and O–H groups in total. The van der Waals surface area contributed by atoms with E-state index in [0.29, 0.717) is 32.9 Å². The third kappa shape index (κ3) is 7.79. The van der Waals surface area contributed by atoms with Crippen molar-refractivity contribution >= 4 is 50.5 Å². The van der Waals surface area contributed by atoms with E-state index in [9.17, 15) is 31.2 Å². The maximum Gasteiger partial charge on any atom is 0.417 e. The summed E-state index contributed by atoms with van der Waals surface area (Å²) in [5.74, 6) is -1.20. The van der Waals surface area contributed by atoms with E-state index in [2.05, 4.69) is 15.8 Å². The van der Waals surface area contributed by atoms with E-state index < -0.39 is 44.9 Å². The van der Waals surface area contributed by atoms with Gasteiger partial charge in [-0.25, -0.2) is 13.8 Å². The van der Waals surface area contributed by atoms with Gasteiger partial charge < -0.3 is 5.32 Å². The molecule has 0 aromatic heterocycles. The molecule has 0 saturated heterocycles. The molecule has 0 bridgehead atoms. The molecule has 43 heavy (non-hydrogen) atoms. The fourth-order valence-electron chi connectivity index (χ4n) is 3.88. The van der Waals surface area contributed by atoms with Crippen LogP contribution in [0.1, 0.15) is 28.4 Å². The minimum absolute atomic E-state index is 0.231. The second-order valence-corrected chi connectivity index (χ2v) is 11.4. The lowest BCUT2D eigenvalue weighted by molar-refractivity contribution is -0.137. The van der Waals surface area contributed by atoms with Gasteiger partial charge in [0.25, 0.3) is 21.8 Å². The van der Waals surface area contributed by atoms with E-state index in [1.807, 2.05) is 0 Å². The van der Waals surface area contributed by atoms with Gasteiger partial charge in [-0.15, -0.1) is 0 Å². The van der Waals surface area contributed by atoms with Gasteiger partial charge in [0.1, 0.15) is 6.54 Å². The molecule has 4 aromatic rings. The van der Waals surface area contributed by atoms with Gasteiger partial charge in [0, 0.05) is 11.3 Å². The van der Waals surface area contributed by atoms with Crippen molar-refractivity contribution in [2.24, 2.45) is 5.10 Å². The Kier molecular flexibility index (Phi) is 9.52. The minimum Gasteiger partial charge on any atom is -0.322 e. The van der Waals surface area contributed by atoms with E-state index in [1.165, 1.54) is 24.3 Å². The summed E-state index contributed by atoms with van der Waals surface area (Å²) in [5, 5.41) is 6.16. The zero-order chi connectivity index (χ0) is 31.2. The van der Waals surface area contributed by atoms with Crippen molar-refractivity contribution in [2.75, 3.05) is 16.2 Å². The Morgan fingerprint density at radius 3 is 2.07 bits per heavy atom. The van der Waals surface area contributed by atoms with E-state index >= 15 is 0 Å². The van der Waals surface area contributed by atoms with Gasteiger partial charge in [-0.3, -0.25) is 13.9 Å². The molecule has 0 fully saturated rings. The smallest absolute Gasteiger partial charge is 0.322 e. The number of carbonyl (C=O) groups excluding carboxylic acids is 2. The van der Waals surface area contributed by atoms with Crippen molar-refractivity contribution in [2.45, 2.75) is 18.0 Å². The Balaban J connectivity index is 1.52. The Labute approximate surface area is 250 Å². The maximum absolute atomic E-state index is 13.5. The minimum atomic E-state index is -4.86. The molecule has 0 aliphatic rings. The van der Waals surface area contributed by atoms with E-state index in [-0.39, 0.29) is 10.8 Å². The molecule has 0 spiro atoms. The van der Waals surface area contributed by atoms with Gasteiger partial charge in [-0.2, -0.15) is 18.3 Å². The fraction of sp³-hybridized carbons (Fsp3) is 0.100. The molecule has 0 aliphatic heterocycles. The van der Waals surface area contributed by atoms with E-state index in [1.54, 1.807) is 67.6 Å². The Morgan fingerprint density at radius 1 is 0.860 bits per heavy atom. The number of amides is 2. The van der Waals surface area contributed by atoms with Gasteiger partial charge in [0.05, 0.1) is 26.9 Å². The lowest BCUT2D eigenvalue weighted by Gasteiger charge is -2.25. The lowest BCUT2D eigenvalue weighted by atomic mass is 10.1. The van der Waals surface area contributed by atoms with E-state index in [0.717, 1.165) is 12.1 Å². The number of halogens is 4. The second kappa shape index (κ2) is 13.1. The predicted octanol–water partition coefficient (Wildman–Crippen LogP) is 6.35. The number of benzene rings is 4. The van der Waals surface area contributed by atoms with Crippen molar-refractivity contribution in [1.29, 1.82) is 0 Å². The molecule has 8 nitrogen and oxygen atoms in total. The molecule has 4 aromatic carbocycles. The molecule has 0 aliphatic carbocycles. The number of hydrazone groups is 1. The topological polar surface area (TPSA) is 108 Å². The number of hydrogen-bond acceptors (Lipinski definition) is 5. The van der Waals surface area contributed by atoms with Crippen LogP contribution in [-0.4, -0.2) is 32.5 Å². The molecule has 0 saturated carbocycles. The normalized spacial score (nSPS) is 12.0. The number of alkyl halides is 3. The third-order valence-electron chi connectivity index (χ3n) is 6.11. The first-order valence-corrected chi connectivity index (χ1v) is 14.4. The first-order valence-electron chi connectivity index (χ1n) is 12.6. The molecular formula is C30H24ClF3N4O4S. The number of carbonyl (C=O) groups is 2. The summed E-state index contributed by atoms with van der Waals surface area (Å²) in [4.78, 5) is 25.0. The number of nitrogens with zero attached hydrogens (tertiary/aromatic N) is 2. The van der Waals surface area contributed by atoms with Crippen LogP contribution < -0.4 is 15.0 Å². The summed E-state index contributed by atoms with van der Waals surface area (Å²) in [6.45, 7) is 0.711. The number of anilines is 2. The van der Waals surface area contributed by atoms with Crippen LogP contribution in [0.25, 0.3) is 0 Å². The first kappa shape index (κ1) is 31.3. The monoisotopic (exact) mass is 628 g/mol. The highest BCUT2D eigenvalue weighted by Gasteiger charge is 2.35. The van der Waals surface area contributed by atoms with Gasteiger partial charge in [-0.1, -0.05) is 60.1 Å². The van der Waals surface area contributed by atoms with Crippen LogP contribution >= 0.6 is 11.6 Å². The van der Waals surface area contributed by atoms with E-state index in [4.69, 9.17) is 11.6 Å².